The van der Waals surface area contributed by atoms with Crippen molar-refractivity contribution in [2.24, 2.45) is 0 Å². The number of anilines is 1. The van der Waals surface area contributed by atoms with Crippen molar-refractivity contribution in [3.8, 4) is 0 Å². The van der Waals surface area contributed by atoms with Crippen LogP contribution in [0, 0.1) is 0 Å². The van der Waals surface area contributed by atoms with Gasteiger partial charge in [-0.1, -0.05) is 19.1 Å². The fourth-order valence-electron chi connectivity index (χ4n) is 2.02. The van der Waals surface area contributed by atoms with Crippen LogP contribution in [0.15, 0.2) is 24.3 Å². The number of rotatable bonds is 2. The zero-order valence-corrected chi connectivity index (χ0v) is 10.3. The van der Waals surface area contributed by atoms with Crippen molar-refractivity contribution in [1.82, 2.24) is 5.32 Å². The molecule has 17 heavy (non-hydrogen) atoms. The number of aryl methyl sites for hydroxylation is 1. The summed E-state index contributed by atoms with van der Waals surface area (Å²) in [5, 5.41) is 2.34. The minimum absolute atomic E-state index is 0.260. The van der Waals surface area contributed by atoms with E-state index in [1.54, 1.807) is 13.8 Å². The largest absolute Gasteiger partial charge is 0.329 e. The number of carbonyl (C=O) groups is 2. The van der Waals surface area contributed by atoms with Crippen molar-refractivity contribution in [2.45, 2.75) is 32.7 Å². The number of urea groups is 1. The summed E-state index contributed by atoms with van der Waals surface area (Å²) < 4.78 is 0. The summed E-state index contributed by atoms with van der Waals surface area (Å²) in [6.45, 7) is 5.54. The summed E-state index contributed by atoms with van der Waals surface area (Å²) in [6, 6.07) is 7.35. The monoisotopic (exact) mass is 232 g/mol. The Kier molecular flexibility index (Phi) is 2.65. The molecule has 0 radical (unpaired) electrons. The van der Waals surface area contributed by atoms with Crippen LogP contribution in [0.1, 0.15) is 26.3 Å². The highest BCUT2D eigenvalue weighted by Gasteiger charge is 2.46. The molecule has 0 aliphatic carbocycles. The lowest BCUT2D eigenvalue weighted by Gasteiger charge is -2.28. The predicted molar refractivity (Wildman–Crippen MR) is 65.9 cm³/mol. The van der Waals surface area contributed by atoms with Crippen molar-refractivity contribution in [3.63, 3.8) is 0 Å². The van der Waals surface area contributed by atoms with Crippen LogP contribution in [0.25, 0.3) is 0 Å². The molecular weight excluding hydrogens is 216 g/mol. The fraction of sp³-hybridized carbons (Fsp3) is 0.385. The standard InChI is InChI=1S/C13H16N2O2/c1-4-9-6-5-7-10(8-9)15-12(17)14-11(16)13(15,2)3/h5-8H,4H2,1-3H3,(H,14,16,17). The van der Waals surface area contributed by atoms with Gasteiger partial charge in [0.2, 0.25) is 0 Å². The van der Waals surface area contributed by atoms with Gasteiger partial charge in [-0.3, -0.25) is 15.0 Å². The van der Waals surface area contributed by atoms with Crippen LogP contribution in [0.2, 0.25) is 0 Å². The van der Waals surface area contributed by atoms with Crippen LogP contribution in [-0.2, 0) is 11.2 Å². The fourth-order valence-corrected chi connectivity index (χ4v) is 2.02. The molecule has 0 saturated carbocycles. The normalized spacial score (nSPS) is 18.4. The van der Waals surface area contributed by atoms with Crippen LogP contribution in [0.3, 0.4) is 0 Å². The molecular formula is C13H16N2O2. The number of amides is 3. The highest BCUT2D eigenvalue weighted by Crippen LogP contribution is 2.29. The van der Waals surface area contributed by atoms with E-state index < -0.39 is 5.54 Å². The van der Waals surface area contributed by atoms with Crippen molar-refractivity contribution >= 4 is 17.6 Å². The summed E-state index contributed by atoms with van der Waals surface area (Å²) in [5.41, 5.74) is 1.08. The Morgan fingerprint density at radius 1 is 1.29 bits per heavy atom. The van der Waals surface area contributed by atoms with E-state index in [-0.39, 0.29) is 11.9 Å². The Morgan fingerprint density at radius 2 is 2.00 bits per heavy atom. The van der Waals surface area contributed by atoms with Gasteiger partial charge >= 0.3 is 6.03 Å². The van der Waals surface area contributed by atoms with Crippen LogP contribution in [-0.4, -0.2) is 17.5 Å². The zero-order valence-electron chi connectivity index (χ0n) is 10.3. The predicted octanol–water partition coefficient (Wildman–Crippen LogP) is 2.08. The Bertz CT molecular complexity index is 480. The van der Waals surface area contributed by atoms with E-state index in [1.807, 2.05) is 24.3 Å². The molecule has 0 atom stereocenters. The lowest BCUT2D eigenvalue weighted by molar-refractivity contribution is -0.122. The van der Waals surface area contributed by atoms with Gasteiger partial charge in [0.05, 0.1) is 0 Å². The first-order valence-corrected chi connectivity index (χ1v) is 5.71. The van der Waals surface area contributed by atoms with Gasteiger partial charge in [-0.15, -0.1) is 0 Å². The summed E-state index contributed by atoms with van der Waals surface area (Å²) in [4.78, 5) is 25.0. The highest BCUT2D eigenvalue weighted by molar-refractivity contribution is 6.16. The second-order valence-corrected chi connectivity index (χ2v) is 4.68. The molecule has 4 heteroatoms. The van der Waals surface area contributed by atoms with Gasteiger partial charge in [0, 0.05) is 5.69 Å². The molecule has 0 bridgehead atoms. The molecule has 1 aromatic carbocycles. The molecule has 1 aliphatic heterocycles. The Balaban J connectivity index is 2.45. The van der Waals surface area contributed by atoms with Gasteiger partial charge in [0.1, 0.15) is 5.54 Å². The Labute approximate surface area is 101 Å². The third-order valence-corrected chi connectivity index (χ3v) is 3.12. The van der Waals surface area contributed by atoms with E-state index >= 15 is 0 Å². The number of benzene rings is 1. The molecule has 1 fully saturated rings. The molecule has 1 heterocycles. The van der Waals surface area contributed by atoms with Gasteiger partial charge in [-0.2, -0.15) is 0 Å². The van der Waals surface area contributed by atoms with E-state index in [0.717, 1.165) is 17.7 Å². The smallest absolute Gasteiger partial charge is 0.279 e. The summed E-state index contributed by atoms with van der Waals surface area (Å²) in [7, 11) is 0. The third kappa shape index (κ3) is 1.79. The lowest BCUT2D eigenvalue weighted by Crippen LogP contribution is -2.44. The van der Waals surface area contributed by atoms with Crippen molar-refractivity contribution in [2.75, 3.05) is 4.90 Å². The summed E-state index contributed by atoms with van der Waals surface area (Å²) in [5.74, 6) is -0.260. The van der Waals surface area contributed by atoms with Crippen molar-refractivity contribution in [1.29, 1.82) is 0 Å². The summed E-state index contributed by atoms with van der Waals surface area (Å²) >= 11 is 0. The quantitative estimate of drug-likeness (QED) is 0.794. The second-order valence-electron chi connectivity index (χ2n) is 4.68. The van der Waals surface area contributed by atoms with E-state index in [4.69, 9.17) is 0 Å². The first kappa shape index (κ1) is 11.6. The second kappa shape index (κ2) is 3.87. The minimum atomic E-state index is -0.830. The van der Waals surface area contributed by atoms with E-state index in [2.05, 4.69) is 12.2 Å². The highest BCUT2D eigenvalue weighted by atomic mass is 16.2. The van der Waals surface area contributed by atoms with Crippen LogP contribution in [0.4, 0.5) is 10.5 Å². The van der Waals surface area contributed by atoms with Crippen LogP contribution < -0.4 is 10.2 Å². The minimum Gasteiger partial charge on any atom is -0.279 e. The van der Waals surface area contributed by atoms with E-state index in [9.17, 15) is 9.59 Å². The number of imide groups is 1. The Morgan fingerprint density at radius 3 is 2.53 bits per heavy atom. The van der Waals surface area contributed by atoms with Gasteiger partial charge in [0.15, 0.2) is 0 Å². The topological polar surface area (TPSA) is 49.4 Å². The number of nitrogens with zero attached hydrogens (tertiary/aromatic N) is 1. The molecule has 3 amide bonds. The average molecular weight is 232 g/mol. The van der Waals surface area contributed by atoms with E-state index in [1.165, 1.54) is 4.90 Å². The van der Waals surface area contributed by atoms with Gasteiger partial charge in [0.25, 0.3) is 5.91 Å². The third-order valence-electron chi connectivity index (χ3n) is 3.12. The van der Waals surface area contributed by atoms with Crippen LogP contribution in [0.5, 0.6) is 0 Å². The van der Waals surface area contributed by atoms with Gasteiger partial charge < -0.3 is 0 Å². The number of nitrogens with one attached hydrogen (secondary N) is 1. The van der Waals surface area contributed by atoms with Crippen molar-refractivity contribution < 1.29 is 9.59 Å². The number of hydrogen-bond donors (Lipinski definition) is 1. The van der Waals surface area contributed by atoms with Crippen LogP contribution >= 0.6 is 0 Å². The molecule has 1 aliphatic rings. The summed E-state index contributed by atoms with van der Waals surface area (Å²) in [6.07, 6.45) is 0.900. The molecule has 0 unspecified atom stereocenters. The maximum Gasteiger partial charge on any atom is 0.329 e. The maximum atomic E-state index is 11.8. The maximum absolute atomic E-state index is 11.8. The van der Waals surface area contributed by atoms with Gasteiger partial charge in [-0.25, -0.2) is 4.79 Å². The molecule has 0 spiro atoms. The number of hydrogen-bond acceptors (Lipinski definition) is 2. The first-order valence-electron chi connectivity index (χ1n) is 5.71. The molecule has 2 rings (SSSR count). The van der Waals surface area contributed by atoms with Gasteiger partial charge in [-0.05, 0) is 38.0 Å². The van der Waals surface area contributed by atoms with E-state index in [0.29, 0.717) is 0 Å². The lowest BCUT2D eigenvalue weighted by atomic mass is 10.0. The first-order chi connectivity index (χ1) is 7.96. The molecule has 0 aromatic heterocycles. The number of carbonyl (C=O) groups excluding carboxylic acids is 2. The van der Waals surface area contributed by atoms with Crippen molar-refractivity contribution in [3.05, 3.63) is 29.8 Å². The average Bonchev–Trinajstić information content (AvgIpc) is 2.48. The molecule has 4 nitrogen and oxygen atoms in total. The zero-order chi connectivity index (χ0) is 12.6. The SMILES string of the molecule is CCc1cccc(N2C(=O)NC(=O)C2(C)C)c1. The molecule has 1 N–H and O–H groups in total. The molecule has 1 aromatic rings. The molecule has 1 saturated heterocycles. The Hall–Kier alpha value is -1.84. The molecule has 90 valence electrons.